The number of aliphatic imine (C=N–C) groups is 1. The maximum Gasteiger partial charge on any atom is 0.416 e. The molecule has 0 saturated carbocycles. The second-order valence-corrected chi connectivity index (χ2v) is 8.40. The number of nitrogens with one attached hydrogen (secondary N) is 2. The Morgan fingerprint density at radius 2 is 1.82 bits per heavy atom. The fraction of sp³-hybridized carbons (Fsp3) is 0.217. The van der Waals surface area contributed by atoms with Crippen LogP contribution in [0.25, 0.3) is 22.3 Å². The van der Waals surface area contributed by atoms with Gasteiger partial charge in [0.15, 0.2) is 5.75 Å². The summed E-state index contributed by atoms with van der Waals surface area (Å²) in [4.78, 5) is 21.9. The van der Waals surface area contributed by atoms with Crippen LogP contribution in [0.15, 0.2) is 52.3 Å². The first kappa shape index (κ1) is 23.4. The van der Waals surface area contributed by atoms with Gasteiger partial charge in [0.1, 0.15) is 11.4 Å². The molecule has 34 heavy (non-hydrogen) atoms. The summed E-state index contributed by atoms with van der Waals surface area (Å²) in [6, 6.07) is 10.0. The topological polar surface area (TPSA) is 99.1 Å². The fourth-order valence-electron chi connectivity index (χ4n) is 3.65. The summed E-state index contributed by atoms with van der Waals surface area (Å²) < 4.78 is 39.9. The van der Waals surface area contributed by atoms with Crippen LogP contribution in [0.2, 0.25) is 0 Å². The predicted octanol–water partition coefficient (Wildman–Crippen LogP) is 4.40. The molecule has 176 valence electrons. The molecule has 0 amide bonds. The van der Waals surface area contributed by atoms with Crippen LogP contribution >= 0.6 is 12.2 Å². The monoisotopic (exact) mass is 487 g/mol. The van der Waals surface area contributed by atoms with Gasteiger partial charge in [-0.25, -0.2) is 4.79 Å². The Labute approximate surface area is 197 Å². The van der Waals surface area contributed by atoms with Gasteiger partial charge in [0.25, 0.3) is 0 Å². The Hall–Kier alpha value is -3.73. The van der Waals surface area contributed by atoms with Gasteiger partial charge < -0.3 is 15.1 Å². The van der Waals surface area contributed by atoms with E-state index >= 15 is 0 Å². The van der Waals surface area contributed by atoms with E-state index in [1.165, 1.54) is 16.8 Å². The summed E-state index contributed by atoms with van der Waals surface area (Å²) in [5.74, 6) is -0.170. The van der Waals surface area contributed by atoms with E-state index in [1.54, 1.807) is 20.0 Å². The number of H-pyrrole nitrogens is 2. The lowest BCUT2D eigenvalue weighted by molar-refractivity contribution is -0.137. The van der Waals surface area contributed by atoms with Crippen LogP contribution < -0.4 is 5.69 Å². The van der Waals surface area contributed by atoms with Gasteiger partial charge >= 0.3 is 11.9 Å². The summed E-state index contributed by atoms with van der Waals surface area (Å²) >= 11 is 5.45. The third-order valence-corrected chi connectivity index (χ3v) is 5.60. The van der Waals surface area contributed by atoms with Crippen molar-refractivity contribution >= 4 is 33.8 Å². The van der Waals surface area contributed by atoms with Crippen molar-refractivity contribution in [3.05, 3.63) is 69.8 Å². The van der Waals surface area contributed by atoms with Crippen LogP contribution in [0.1, 0.15) is 23.7 Å². The minimum Gasteiger partial charge on any atom is -0.504 e. The summed E-state index contributed by atoms with van der Waals surface area (Å²) in [5.41, 5.74) is 2.63. The summed E-state index contributed by atoms with van der Waals surface area (Å²) in [7, 11) is 1.59. The maximum absolute atomic E-state index is 12.8. The number of halogens is 3. The van der Waals surface area contributed by atoms with Crippen molar-refractivity contribution < 1.29 is 18.3 Å². The second-order valence-electron chi connectivity index (χ2n) is 7.82. The number of hydrogen-bond donors (Lipinski definition) is 3. The highest BCUT2D eigenvalue weighted by molar-refractivity contribution is 7.80. The SMILES string of the molecule is CC(=NCC(=S)Cc1ccc2[nH]c(=O)[nH]c2c1)c1nn(C)c(-c2ccc(C(F)(F)F)cc2)c1O. The average Bonchev–Trinajstić information content (AvgIpc) is 3.29. The molecule has 2 aromatic heterocycles. The minimum atomic E-state index is -4.44. The zero-order valence-corrected chi connectivity index (χ0v) is 19.0. The molecule has 2 heterocycles. The number of thiocarbonyl (C=S) groups is 1. The van der Waals surface area contributed by atoms with Gasteiger partial charge in [0.05, 0.1) is 28.9 Å². The largest absolute Gasteiger partial charge is 0.504 e. The summed E-state index contributed by atoms with van der Waals surface area (Å²) in [6.07, 6.45) is -3.97. The maximum atomic E-state index is 12.8. The van der Waals surface area contributed by atoms with Gasteiger partial charge in [0.2, 0.25) is 0 Å². The highest BCUT2D eigenvalue weighted by Gasteiger charge is 2.30. The Morgan fingerprint density at radius 1 is 1.15 bits per heavy atom. The van der Waals surface area contributed by atoms with E-state index in [4.69, 9.17) is 12.2 Å². The van der Waals surface area contributed by atoms with Crippen LogP contribution in [0, 0.1) is 0 Å². The number of hydrogen-bond acceptors (Lipinski definition) is 5. The van der Waals surface area contributed by atoms with E-state index in [9.17, 15) is 23.1 Å². The normalized spacial score (nSPS) is 12.4. The Morgan fingerprint density at radius 3 is 2.50 bits per heavy atom. The Kier molecular flexibility index (Phi) is 6.13. The number of rotatable bonds is 6. The van der Waals surface area contributed by atoms with Gasteiger partial charge in [-0.05, 0) is 36.8 Å². The molecule has 0 bridgehead atoms. The first-order valence-corrected chi connectivity index (χ1v) is 10.6. The first-order valence-electron chi connectivity index (χ1n) is 10.2. The minimum absolute atomic E-state index is 0.170. The lowest BCUT2D eigenvalue weighted by atomic mass is 10.1. The molecule has 0 atom stereocenters. The number of fused-ring (bicyclic) bond motifs is 1. The summed E-state index contributed by atoms with van der Waals surface area (Å²) in [6.45, 7) is 1.90. The molecule has 0 saturated heterocycles. The molecule has 0 fully saturated rings. The average molecular weight is 488 g/mol. The van der Waals surface area contributed by atoms with Crippen LogP contribution in [-0.4, -0.2) is 42.0 Å². The molecule has 7 nitrogen and oxygen atoms in total. The standard InChI is InChI=1S/C23H20F3N5O2S/c1-12(27-11-16(34)9-13-3-8-17-18(10-13)29-22(33)28-17)19-21(32)20(31(2)30-19)14-4-6-15(7-5-14)23(24,25)26/h3-8,10,32H,9,11H2,1-2H3,(H2,28,29,33). The predicted molar refractivity (Wildman–Crippen MR) is 128 cm³/mol. The molecule has 0 spiro atoms. The summed E-state index contributed by atoms with van der Waals surface area (Å²) in [5, 5.41) is 15.0. The smallest absolute Gasteiger partial charge is 0.416 e. The third-order valence-electron chi connectivity index (χ3n) is 5.32. The van der Waals surface area contributed by atoms with Crippen molar-refractivity contribution in [1.82, 2.24) is 19.7 Å². The van der Waals surface area contributed by atoms with E-state index in [1.807, 2.05) is 12.1 Å². The molecule has 0 aliphatic rings. The molecular weight excluding hydrogens is 467 g/mol. The molecule has 0 radical (unpaired) electrons. The van der Waals surface area contributed by atoms with Crippen molar-refractivity contribution in [3.8, 4) is 17.0 Å². The number of aromatic nitrogens is 4. The van der Waals surface area contributed by atoms with E-state index in [0.29, 0.717) is 33.6 Å². The highest BCUT2D eigenvalue weighted by atomic mass is 32.1. The Bertz CT molecular complexity index is 1460. The van der Waals surface area contributed by atoms with Gasteiger partial charge in [-0.15, -0.1) is 0 Å². The second kappa shape index (κ2) is 8.90. The number of aromatic hydroxyl groups is 1. The van der Waals surface area contributed by atoms with E-state index in [0.717, 1.165) is 17.7 Å². The van der Waals surface area contributed by atoms with Crippen molar-refractivity contribution in [2.75, 3.05) is 6.54 Å². The fourth-order valence-corrected chi connectivity index (χ4v) is 3.88. The van der Waals surface area contributed by atoms with E-state index in [-0.39, 0.29) is 29.4 Å². The zero-order chi connectivity index (χ0) is 24.6. The van der Waals surface area contributed by atoms with Crippen LogP contribution in [0.5, 0.6) is 5.75 Å². The van der Waals surface area contributed by atoms with Gasteiger partial charge in [-0.3, -0.25) is 9.67 Å². The lowest BCUT2D eigenvalue weighted by Crippen LogP contribution is -2.07. The van der Waals surface area contributed by atoms with Crippen LogP contribution in [0.4, 0.5) is 13.2 Å². The molecule has 0 aliphatic carbocycles. The molecule has 2 aromatic carbocycles. The highest BCUT2D eigenvalue weighted by Crippen LogP contribution is 2.35. The van der Waals surface area contributed by atoms with E-state index in [2.05, 4.69) is 20.1 Å². The third kappa shape index (κ3) is 4.79. The van der Waals surface area contributed by atoms with Gasteiger partial charge in [0, 0.05) is 23.9 Å². The quantitative estimate of drug-likeness (QED) is 0.277. The molecule has 4 aromatic rings. The van der Waals surface area contributed by atoms with Crippen LogP contribution in [-0.2, 0) is 19.6 Å². The number of imidazole rings is 1. The molecule has 11 heteroatoms. The number of alkyl halides is 3. The van der Waals surface area contributed by atoms with E-state index < -0.39 is 11.7 Å². The van der Waals surface area contributed by atoms with Crippen molar-refractivity contribution in [3.63, 3.8) is 0 Å². The van der Waals surface area contributed by atoms with Crippen LogP contribution in [0.3, 0.4) is 0 Å². The van der Waals surface area contributed by atoms with Gasteiger partial charge in [-0.1, -0.05) is 30.4 Å². The first-order chi connectivity index (χ1) is 16.0. The molecule has 4 rings (SSSR count). The van der Waals surface area contributed by atoms with Crippen molar-refractivity contribution in [1.29, 1.82) is 0 Å². The molecule has 3 N–H and O–H groups in total. The zero-order valence-electron chi connectivity index (χ0n) is 18.2. The number of aromatic amines is 2. The Balaban J connectivity index is 1.50. The number of aryl methyl sites for hydroxylation is 1. The van der Waals surface area contributed by atoms with Gasteiger partial charge in [-0.2, -0.15) is 18.3 Å². The van der Waals surface area contributed by atoms with Crippen molar-refractivity contribution in [2.45, 2.75) is 19.5 Å². The molecule has 0 aliphatic heterocycles. The molecular formula is C23H20F3N5O2S. The lowest BCUT2D eigenvalue weighted by Gasteiger charge is -2.08. The number of benzene rings is 2. The van der Waals surface area contributed by atoms with Crippen molar-refractivity contribution in [2.24, 2.45) is 12.0 Å². The molecule has 0 unspecified atom stereocenters. The number of nitrogens with zero attached hydrogens (tertiary/aromatic N) is 3.